The number of fused-ring (bicyclic) bond motifs is 2. The van der Waals surface area contributed by atoms with Crippen molar-refractivity contribution in [1.29, 1.82) is 0 Å². The van der Waals surface area contributed by atoms with Gasteiger partial charge in [0.15, 0.2) is 5.65 Å². The Morgan fingerprint density at radius 1 is 1.23 bits per heavy atom. The van der Waals surface area contributed by atoms with Gasteiger partial charge in [0.2, 0.25) is 0 Å². The predicted octanol–water partition coefficient (Wildman–Crippen LogP) is 1.84. The molecule has 0 bridgehead atoms. The summed E-state index contributed by atoms with van der Waals surface area (Å²) in [7, 11) is 1.92. The van der Waals surface area contributed by atoms with Crippen LogP contribution in [0.2, 0.25) is 0 Å². The van der Waals surface area contributed by atoms with Crippen molar-refractivity contribution in [2.45, 2.75) is 18.9 Å². The van der Waals surface area contributed by atoms with Gasteiger partial charge in [0.25, 0.3) is 0 Å². The van der Waals surface area contributed by atoms with E-state index in [9.17, 15) is 0 Å². The molecule has 132 valence electrons. The molecule has 4 aromatic rings. The Morgan fingerprint density at radius 3 is 3.08 bits per heavy atom. The molecule has 1 atom stereocenters. The SMILES string of the molecule is Cn1ncc2ncc(-c3cnn4ccc(NC5CCCNC5)nc34)cc21. The van der Waals surface area contributed by atoms with Crippen molar-refractivity contribution in [3.05, 3.63) is 36.9 Å². The maximum atomic E-state index is 4.81. The molecule has 1 aliphatic rings. The lowest BCUT2D eigenvalue weighted by molar-refractivity contribution is 0.479. The third-order valence-electron chi connectivity index (χ3n) is 4.93. The van der Waals surface area contributed by atoms with E-state index in [0.717, 1.165) is 53.1 Å². The van der Waals surface area contributed by atoms with Crippen LogP contribution in [-0.4, -0.2) is 48.5 Å². The van der Waals surface area contributed by atoms with Gasteiger partial charge in [-0.15, -0.1) is 0 Å². The third-order valence-corrected chi connectivity index (χ3v) is 4.93. The van der Waals surface area contributed by atoms with E-state index in [1.807, 2.05) is 36.4 Å². The number of anilines is 1. The maximum absolute atomic E-state index is 4.81. The normalized spacial score (nSPS) is 17.8. The Bertz CT molecular complexity index is 1070. The minimum absolute atomic E-state index is 0.414. The van der Waals surface area contributed by atoms with Gasteiger partial charge in [-0.2, -0.15) is 10.2 Å². The molecule has 0 aliphatic carbocycles. The molecule has 0 spiro atoms. The van der Waals surface area contributed by atoms with Gasteiger partial charge >= 0.3 is 0 Å². The monoisotopic (exact) mass is 348 g/mol. The minimum Gasteiger partial charge on any atom is -0.366 e. The first kappa shape index (κ1) is 15.3. The first-order valence-electron chi connectivity index (χ1n) is 8.88. The van der Waals surface area contributed by atoms with E-state index < -0.39 is 0 Å². The fraction of sp³-hybridized carbons (Fsp3) is 0.333. The van der Waals surface area contributed by atoms with Crippen LogP contribution in [0, 0.1) is 0 Å². The highest BCUT2D eigenvalue weighted by molar-refractivity contribution is 5.84. The van der Waals surface area contributed by atoms with E-state index in [1.165, 1.54) is 6.42 Å². The smallest absolute Gasteiger partial charge is 0.165 e. The molecule has 1 aliphatic heterocycles. The van der Waals surface area contributed by atoms with Crippen LogP contribution in [0.25, 0.3) is 27.8 Å². The summed E-state index contributed by atoms with van der Waals surface area (Å²) >= 11 is 0. The first-order chi connectivity index (χ1) is 12.8. The Morgan fingerprint density at radius 2 is 2.19 bits per heavy atom. The van der Waals surface area contributed by atoms with Gasteiger partial charge in [-0.25, -0.2) is 9.50 Å². The number of piperidine rings is 1. The molecule has 1 fully saturated rings. The molecule has 1 saturated heterocycles. The molecule has 0 radical (unpaired) electrons. The number of aromatic nitrogens is 6. The van der Waals surface area contributed by atoms with Gasteiger partial charge in [0.05, 0.1) is 17.9 Å². The minimum atomic E-state index is 0.414. The summed E-state index contributed by atoms with van der Waals surface area (Å²) in [4.78, 5) is 9.32. The van der Waals surface area contributed by atoms with E-state index >= 15 is 0 Å². The summed E-state index contributed by atoms with van der Waals surface area (Å²) in [5.41, 5.74) is 4.64. The van der Waals surface area contributed by atoms with Crippen LogP contribution >= 0.6 is 0 Å². The number of hydrogen-bond acceptors (Lipinski definition) is 6. The summed E-state index contributed by atoms with van der Waals surface area (Å²) in [5, 5.41) is 15.6. The zero-order chi connectivity index (χ0) is 17.5. The van der Waals surface area contributed by atoms with Gasteiger partial charge < -0.3 is 10.6 Å². The Hall–Kier alpha value is -3.00. The summed E-state index contributed by atoms with van der Waals surface area (Å²) in [6.07, 6.45) is 9.76. The average molecular weight is 348 g/mol. The van der Waals surface area contributed by atoms with Gasteiger partial charge in [-0.05, 0) is 31.5 Å². The van der Waals surface area contributed by atoms with Crippen molar-refractivity contribution in [3.63, 3.8) is 0 Å². The highest BCUT2D eigenvalue weighted by Crippen LogP contribution is 2.26. The van der Waals surface area contributed by atoms with E-state index in [1.54, 1.807) is 10.7 Å². The lowest BCUT2D eigenvalue weighted by Crippen LogP contribution is -2.38. The van der Waals surface area contributed by atoms with Crippen molar-refractivity contribution in [2.24, 2.45) is 7.05 Å². The van der Waals surface area contributed by atoms with Gasteiger partial charge in [-0.3, -0.25) is 9.67 Å². The first-order valence-corrected chi connectivity index (χ1v) is 8.88. The Labute approximate surface area is 150 Å². The van der Waals surface area contributed by atoms with Crippen molar-refractivity contribution in [3.8, 4) is 11.1 Å². The summed E-state index contributed by atoms with van der Waals surface area (Å²) in [5.74, 6) is 0.877. The zero-order valence-electron chi connectivity index (χ0n) is 14.6. The highest BCUT2D eigenvalue weighted by atomic mass is 15.3. The quantitative estimate of drug-likeness (QED) is 0.588. The second kappa shape index (κ2) is 6.06. The van der Waals surface area contributed by atoms with Crippen molar-refractivity contribution < 1.29 is 0 Å². The molecule has 26 heavy (non-hydrogen) atoms. The lowest BCUT2D eigenvalue weighted by Gasteiger charge is -2.24. The van der Waals surface area contributed by atoms with Crippen molar-refractivity contribution in [2.75, 3.05) is 18.4 Å². The highest BCUT2D eigenvalue weighted by Gasteiger charge is 2.15. The molecule has 8 nitrogen and oxygen atoms in total. The molecule has 0 amide bonds. The van der Waals surface area contributed by atoms with Crippen LogP contribution in [-0.2, 0) is 7.05 Å². The van der Waals surface area contributed by atoms with Crippen LogP contribution in [0.4, 0.5) is 5.82 Å². The largest absolute Gasteiger partial charge is 0.366 e. The van der Waals surface area contributed by atoms with Crippen LogP contribution < -0.4 is 10.6 Å². The van der Waals surface area contributed by atoms with Gasteiger partial charge in [-0.1, -0.05) is 0 Å². The molecule has 4 aromatic heterocycles. The lowest BCUT2D eigenvalue weighted by atomic mass is 10.1. The standard InChI is InChI=1S/C18H20N8/c1-25-16-7-12(8-20-15(16)11-21-25)14-10-22-26-6-4-17(24-18(14)26)23-13-3-2-5-19-9-13/h4,6-8,10-11,13,19H,2-3,5,9H2,1H3,(H,23,24). The fourth-order valence-electron chi connectivity index (χ4n) is 3.51. The average Bonchev–Trinajstić information content (AvgIpc) is 3.26. The second-order valence-corrected chi connectivity index (χ2v) is 6.72. The van der Waals surface area contributed by atoms with Crippen LogP contribution in [0.3, 0.4) is 0 Å². The van der Waals surface area contributed by atoms with Crippen molar-refractivity contribution in [1.82, 2.24) is 34.7 Å². The van der Waals surface area contributed by atoms with Crippen molar-refractivity contribution >= 4 is 22.5 Å². The van der Waals surface area contributed by atoms with E-state index in [0.29, 0.717) is 6.04 Å². The summed E-state index contributed by atoms with van der Waals surface area (Å²) in [6.45, 7) is 2.07. The molecule has 2 N–H and O–H groups in total. The van der Waals surface area contributed by atoms with E-state index in [-0.39, 0.29) is 0 Å². The number of nitrogens with one attached hydrogen (secondary N) is 2. The summed E-state index contributed by atoms with van der Waals surface area (Å²) < 4.78 is 3.63. The van der Waals surface area contributed by atoms with Crippen LogP contribution in [0.5, 0.6) is 0 Å². The molecule has 0 aromatic carbocycles. The number of nitrogens with zero attached hydrogens (tertiary/aromatic N) is 6. The molecular formula is C18H20N8. The summed E-state index contributed by atoms with van der Waals surface area (Å²) in [6, 6.07) is 4.47. The molecule has 8 heteroatoms. The zero-order valence-corrected chi connectivity index (χ0v) is 14.6. The maximum Gasteiger partial charge on any atom is 0.165 e. The number of pyridine rings is 1. The van der Waals surface area contributed by atoms with E-state index in [2.05, 4.69) is 31.9 Å². The molecular weight excluding hydrogens is 328 g/mol. The molecule has 1 unspecified atom stereocenters. The van der Waals surface area contributed by atoms with Gasteiger partial charge in [0, 0.05) is 43.2 Å². The predicted molar refractivity (Wildman–Crippen MR) is 100 cm³/mol. The second-order valence-electron chi connectivity index (χ2n) is 6.72. The topological polar surface area (TPSA) is 85.0 Å². The molecule has 5 heterocycles. The molecule has 5 rings (SSSR count). The van der Waals surface area contributed by atoms with Crippen LogP contribution in [0.15, 0.2) is 36.9 Å². The van der Waals surface area contributed by atoms with E-state index in [4.69, 9.17) is 4.98 Å². The third kappa shape index (κ3) is 2.59. The Balaban J connectivity index is 1.54. The number of rotatable bonds is 3. The van der Waals surface area contributed by atoms with Crippen LogP contribution in [0.1, 0.15) is 12.8 Å². The fourth-order valence-corrected chi connectivity index (χ4v) is 3.51. The Kier molecular flexibility index (Phi) is 3.56. The number of hydrogen-bond donors (Lipinski definition) is 2. The van der Waals surface area contributed by atoms with Gasteiger partial charge in [0.1, 0.15) is 11.3 Å². The molecule has 0 saturated carbocycles. The number of aryl methyl sites for hydroxylation is 1.